The van der Waals surface area contributed by atoms with Crippen molar-refractivity contribution < 1.29 is 23.2 Å². The summed E-state index contributed by atoms with van der Waals surface area (Å²) in [5.41, 5.74) is 0.356. The Hall–Kier alpha value is -3.54. The number of ether oxygens (including phenoxy) is 1. The molecule has 1 amide bonds. The van der Waals surface area contributed by atoms with Gasteiger partial charge in [0.05, 0.1) is 10.7 Å². The summed E-state index contributed by atoms with van der Waals surface area (Å²) in [5, 5.41) is 21.8. The molecule has 2 aromatic carbocycles. The second-order valence-electron chi connectivity index (χ2n) is 6.38. The van der Waals surface area contributed by atoms with Crippen LogP contribution < -0.4 is 10.1 Å². The minimum absolute atomic E-state index is 0.0186. The summed E-state index contributed by atoms with van der Waals surface area (Å²) in [4.78, 5) is 22.3. The van der Waals surface area contributed by atoms with Crippen molar-refractivity contribution in [2.45, 2.75) is 18.2 Å². The predicted molar refractivity (Wildman–Crippen MR) is 109 cm³/mol. The first-order valence-corrected chi connectivity index (χ1v) is 9.91. The van der Waals surface area contributed by atoms with Crippen molar-refractivity contribution in [1.29, 1.82) is 0 Å². The van der Waals surface area contributed by atoms with Crippen molar-refractivity contribution in [3.05, 3.63) is 70.0 Å². The van der Waals surface area contributed by atoms with Crippen LogP contribution in [0.1, 0.15) is 18.9 Å². The van der Waals surface area contributed by atoms with Gasteiger partial charge in [-0.25, -0.2) is 8.78 Å². The Balaban J connectivity index is 1.58. The highest BCUT2D eigenvalue weighted by molar-refractivity contribution is 7.99. The molecule has 1 heterocycles. The molecule has 1 aromatic heterocycles. The van der Waals surface area contributed by atoms with Crippen LogP contribution in [0.15, 0.2) is 47.6 Å². The Morgan fingerprint density at radius 1 is 1.26 bits per heavy atom. The number of hydrogen-bond acceptors (Lipinski definition) is 7. The van der Waals surface area contributed by atoms with E-state index in [1.807, 2.05) is 0 Å². The number of halogens is 2. The van der Waals surface area contributed by atoms with E-state index >= 15 is 0 Å². The van der Waals surface area contributed by atoms with Crippen molar-refractivity contribution in [1.82, 2.24) is 14.8 Å². The summed E-state index contributed by atoms with van der Waals surface area (Å²) in [6.07, 6.45) is -0.680. The maximum absolute atomic E-state index is 13.8. The number of amides is 1. The smallest absolute Gasteiger partial charge is 0.269 e. The Morgan fingerprint density at radius 3 is 2.61 bits per heavy atom. The highest BCUT2D eigenvalue weighted by Crippen LogP contribution is 2.26. The molecule has 0 aliphatic rings. The highest BCUT2D eigenvalue weighted by atomic mass is 32.2. The number of non-ortho nitro benzene ring substituents is 1. The van der Waals surface area contributed by atoms with Crippen molar-refractivity contribution in [3.8, 4) is 5.75 Å². The Labute approximate surface area is 179 Å². The summed E-state index contributed by atoms with van der Waals surface area (Å²) in [7, 11) is 1.67. The van der Waals surface area contributed by atoms with Crippen LogP contribution >= 0.6 is 11.8 Å². The Kier molecular flexibility index (Phi) is 6.80. The third-order valence-corrected chi connectivity index (χ3v) is 5.14. The van der Waals surface area contributed by atoms with E-state index in [1.165, 1.54) is 30.3 Å². The van der Waals surface area contributed by atoms with E-state index in [9.17, 15) is 23.7 Å². The van der Waals surface area contributed by atoms with Gasteiger partial charge in [0.25, 0.3) is 5.69 Å². The van der Waals surface area contributed by atoms with Crippen LogP contribution in [0, 0.1) is 21.7 Å². The number of nitrogens with zero attached hydrogens (tertiary/aromatic N) is 4. The lowest BCUT2D eigenvalue weighted by atomic mass is 10.3. The number of anilines is 1. The second-order valence-corrected chi connectivity index (χ2v) is 7.32. The first kappa shape index (κ1) is 22.2. The van der Waals surface area contributed by atoms with Gasteiger partial charge < -0.3 is 14.6 Å². The first-order valence-electron chi connectivity index (χ1n) is 8.92. The number of nitro groups is 1. The molecule has 3 rings (SSSR count). The zero-order chi connectivity index (χ0) is 22.5. The lowest BCUT2D eigenvalue weighted by Crippen LogP contribution is -2.15. The molecule has 9 nitrogen and oxygen atoms in total. The number of thioether (sulfide) groups is 1. The molecule has 0 fully saturated rings. The molecule has 12 heteroatoms. The SMILES string of the molecule is CC(Oc1ccc(F)cc1F)c1nnc(SCC(=O)Nc2ccc([N+](=O)[O-])cc2)n1C. The molecular weight excluding hydrogens is 432 g/mol. The molecule has 3 aromatic rings. The molecular formula is C19H17F2N5O4S. The van der Waals surface area contributed by atoms with Crippen molar-refractivity contribution >= 4 is 29.0 Å². The molecule has 1 N–H and O–H groups in total. The van der Waals surface area contributed by atoms with Crippen LogP contribution in [0.2, 0.25) is 0 Å². The van der Waals surface area contributed by atoms with E-state index < -0.39 is 22.7 Å². The molecule has 1 unspecified atom stereocenters. The molecule has 162 valence electrons. The van der Waals surface area contributed by atoms with Gasteiger partial charge in [-0.3, -0.25) is 14.9 Å². The first-order chi connectivity index (χ1) is 14.7. The van der Waals surface area contributed by atoms with Gasteiger partial charge in [-0.2, -0.15) is 0 Å². The van der Waals surface area contributed by atoms with E-state index in [0.29, 0.717) is 16.7 Å². The van der Waals surface area contributed by atoms with E-state index in [2.05, 4.69) is 15.5 Å². The third-order valence-electron chi connectivity index (χ3n) is 4.12. The number of carbonyl (C=O) groups excluding carboxylic acids is 1. The van der Waals surface area contributed by atoms with Crippen LogP contribution in [-0.2, 0) is 11.8 Å². The number of rotatable bonds is 8. The topological polar surface area (TPSA) is 112 Å². The molecule has 0 saturated heterocycles. The number of carbonyl (C=O) groups is 1. The predicted octanol–water partition coefficient (Wildman–Crippen LogP) is 3.87. The van der Waals surface area contributed by atoms with Gasteiger partial charge >= 0.3 is 0 Å². The van der Waals surface area contributed by atoms with Crippen LogP contribution in [0.5, 0.6) is 5.75 Å². The van der Waals surface area contributed by atoms with E-state index in [1.54, 1.807) is 18.5 Å². The molecule has 0 aliphatic carbocycles. The summed E-state index contributed by atoms with van der Waals surface area (Å²) < 4.78 is 33.9. The highest BCUT2D eigenvalue weighted by Gasteiger charge is 2.19. The average molecular weight is 449 g/mol. The molecule has 0 saturated carbocycles. The fourth-order valence-corrected chi connectivity index (χ4v) is 3.33. The van der Waals surface area contributed by atoms with Crippen LogP contribution in [0.3, 0.4) is 0 Å². The van der Waals surface area contributed by atoms with Crippen molar-refractivity contribution in [3.63, 3.8) is 0 Å². The molecule has 0 aliphatic heterocycles. The van der Waals surface area contributed by atoms with Crippen molar-refractivity contribution in [2.24, 2.45) is 7.05 Å². The normalized spacial score (nSPS) is 11.7. The largest absolute Gasteiger partial charge is 0.480 e. The molecule has 0 bridgehead atoms. The summed E-state index contributed by atoms with van der Waals surface area (Å²) in [5.74, 6) is -1.57. The average Bonchev–Trinajstić information content (AvgIpc) is 3.09. The number of nitrogens with one attached hydrogen (secondary N) is 1. The lowest BCUT2D eigenvalue weighted by Gasteiger charge is -2.14. The minimum atomic E-state index is -0.827. The zero-order valence-electron chi connectivity index (χ0n) is 16.4. The minimum Gasteiger partial charge on any atom is -0.480 e. The van der Waals surface area contributed by atoms with E-state index in [-0.39, 0.29) is 23.1 Å². The van der Waals surface area contributed by atoms with E-state index in [4.69, 9.17) is 4.74 Å². The number of hydrogen-bond donors (Lipinski definition) is 1. The summed E-state index contributed by atoms with van der Waals surface area (Å²) in [6, 6.07) is 8.47. The van der Waals surface area contributed by atoms with Crippen LogP contribution in [0.25, 0.3) is 0 Å². The number of benzene rings is 2. The monoisotopic (exact) mass is 449 g/mol. The maximum Gasteiger partial charge on any atom is 0.269 e. The fourth-order valence-electron chi connectivity index (χ4n) is 2.61. The number of aromatic nitrogens is 3. The third kappa shape index (κ3) is 5.54. The second kappa shape index (κ2) is 9.51. The van der Waals surface area contributed by atoms with Gasteiger partial charge in [-0.1, -0.05) is 11.8 Å². The van der Waals surface area contributed by atoms with Gasteiger partial charge in [0.15, 0.2) is 28.7 Å². The van der Waals surface area contributed by atoms with Gasteiger partial charge in [0, 0.05) is 30.9 Å². The van der Waals surface area contributed by atoms with Crippen LogP contribution in [0.4, 0.5) is 20.2 Å². The molecule has 1 atom stereocenters. The standard InChI is InChI=1S/C19H17F2N5O4S/c1-11(30-16-8-3-12(20)9-15(16)21)18-23-24-19(25(18)2)31-10-17(27)22-13-4-6-14(7-5-13)26(28)29/h3-9,11H,10H2,1-2H3,(H,22,27). The lowest BCUT2D eigenvalue weighted by molar-refractivity contribution is -0.384. The quantitative estimate of drug-likeness (QED) is 0.316. The fraction of sp³-hybridized carbons (Fsp3) is 0.211. The summed E-state index contributed by atoms with van der Waals surface area (Å²) >= 11 is 1.12. The van der Waals surface area contributed by atoms with Gasteiger partial charge in [0.2, 0.25) is 5.91 Å². The molecule has 0 radical (unpaired) electrons. The van der Waals surface area contributed by atoms with Crippen LogP contribution in [-0.4, -0.2) is 31.3 Å². The zero-order valence-corrected chi connectivity index (χ0v) is 17.2. The maximum atomic E-state index is 13.8. The van der Waals surface area contributed by atoms with Gasteiger partial charge in [-0.15, -0.1) is 10.2 Å². The van der Waals surface area contributed by atoms with Crippen molar-refractivity contribution in [2.75, 3.05) is 11.1 Å². The number of nitro benzene ring substituents is 1. The Morgan fingerprint density at radius 2 is 1.97 bits per heavy atom. The van der Waals surface area contributed by atoms with Gasteiger partial charge in [0.1, 0.15) is 5.82 Å². The molecule has 31 heavy (non-hydrogen) atoms. The van der Waals surface area contributed by atoms with Gasteiger partial charge in [-0.05, 0) is 31.2 Å². The Bertz CT molecular complexity index is 1110. The molecule has 0 spiro atoms. The summed E-state index contributed by atoms with van der Waals surface area (Å²) in [6.45, 7) is 1.64. The van der Waals surface area contributed by atoms with E-state index in [0.717, 1.165) is 23.9 Å².